The fourth-order valence-corrected chi connectivity index (χ4v) is 2.93. The van der Waals surface area contributed by atoms with Crippen LogP contribution in [0.5, 0.6) is 0 Å². The summed E-state index contributed by atoms with van der Waals surface area (Å²) >= 11 is 1.61. The molecule has 0 unspecified atom stereocenters. The lowest BCUT2D eigenvalue weighted by Gasteiger charge is -2.13. The molecule has 1 aromatic heterocycles. The van der Waals surface area contributed by atoms with E-state index in [0.717, 1.165) is 34.4 Å². The summed E-state index contributed by atoms with van der Waals surface area (Å²) in [5, 5.41) is 3.58. The second-order valence-electron chi connectivity index (χ2n) is 5.59. The molecule has 0 aliphatic rings. The summed E-state index contributed by atoms with van der Waals surface area (Å²) in [4.78, 5) is 22.9. The molecule has 2 aromatic rings. The lowest BCUT2D eigenvalue weighted by Crippen LogP contribution is -2.22. The number of aromatic nitrogens is 2. The highest BCUT2D eigenvalue weighted by atomic mass is 32.2. The Morgan fingerprint density at radius 3 is 2.46 bits per heavy atom. The van der Waals surface area contributed by atoms with E-state index in [4.69, 9.17) is 0 Å². The van der Waals surface area contributed by atoms with Crippen LogP contribution in [0.3, 0.4) is 0 Å². The van der Waals surface area contributed by atoms with Gasteiger partial charge in [0.2, 0.25) is 0 Å². The van der Waals surface area contributed by atoms with Crippen LogP contribution >= 0.6 is 11.8 Å². The number of aryl methyl sites for hydroxylation is 1. The molecule has 1 N–H and O–H groups in total. The molecule has 0 saturated heterocycles. The van der Waals surface area contributed by atoms with Crippen molar-refractivity contribution in [2.24, 2.45) is 0 Å². The van der Waals surface area contributed by atoms with Gasteiger partial charge in [0.05, 0.1) is 0 Å². The molecule has 6 heteroatoms. The van der Waals surface area contributed by atoms with Crippen molar-refractivity contribution in [3.05, 3.63) is 47.2 Å². The molecule has 2 rings (SSSR count). The standard InChI is InChI=1S/C18H24N4OS/c1-5-15-11-16(22(3)4)21-18(20-15)24-12-13-7-9-14(10-8-13)17(23)19-6-2/h7-11H,5-6,12H2,1-4H3,(H,19,23). The summed E-state index contributed by atoms with van der Waals surface area (Å²) in [5.41, 5.74) is 2.87. The molecule has 0 aliphatic heterocycles. The maximum Gasteiger partial charge on any atom is 0.251 e. The Bertz CT molecular complexity index is 686. The number of benzene rings is 1. The topological polar surface area (TPSA) is 58.1 Å². The highest BCUT2D eigenvalue weighted by molar-refractivity contribution is 7.98. The van der Waals surface area contributed by atoms with Crippen LogP contribution in [-0.4, -0.2) is 36.5 Å². The molecule has 0 bridgehead atoms. The van der Waals surface area contributed by atoms with Gasteiger partial charge in [0.15, 0.2) is 5.16 Å². The maximum absolute atomic E-state index is 11.8. The third-order valence-corrected chi connectivity index (χ3v) is 4.41. The van der Waals surface area contributed by atoms with Crippen LogP contribution in [0.25, 0.3) is 0 Å². The predicted molar refractivity (Wildman–Crippen MR) is 99.7 cm³/mol. The zero-order chi connectivity index (χ0) is 17.5. The van der Waals surface area contributed by atoms with Crippen molar-refractivity contribution in [1.29, 1.82) is 0 Å². The van der Waals surface area contributed by atoms with Gasteiger partial charge in [0.1, 0.15) is 5.82 Å². The summed E-state index contributed by atoms with van der Waals surface area (Å²) in [7, 11) is 3.96. The number of carbonyl (C=O) groups is 1. The number of amides is 1. The van der Waals surface area contributed by atoms with E-state index in [2.05, 4.69) is 22.2 Å². The van der Waals surface area contributed by atoms with Crippen LogP contribution in [0.15, 0.2) is 35.5 Å². The molecule has 1 amide bonds. The number of thioether (sulfide) groups is 1. The fourth-order valence-electron chi connectivity index (χ4n) is 2.10. The molecule has 128 valence electrons. The SMILES string of the molecule is CCNC(=O)c1ccc(CSc2nc(CC)cc(N(C)C)n2)cc1. The number of nitrogens with zero attached hydrogens (tertiary/aromatic N) is 3. The molecule has 0 spiro atoms. The second-order valence-corrected chi connectivity index (χ2v) is 6.54. The highest BCUT2D eigenvalue weighted by Gasteiger charge is 2.08. The van der Waals surface area contributed by atoms with Crippen molar-refractivity contribution in [1.82, 2.24) is 15.3 Å². The van der Waals surface area contributed by atoms with E-state index in [1.165, 1.54) is 0 Å². The number of hydrogen-bond acceptors (Lipinski definition) is 5. The fraction of sp³-hybridized carbons (Fsp3) is 0.389. The number of nitrogens with one attached hydrogen (secondary N) is 1. The highest BCUT2D eigenvalue weighted by Crippen LogP contribution is 2.22. The van der Waals surface area contributed by atoms with Crippen LogP contribution in [0.2, 0.25) is 0 Å². The zero-order valence-electron chi connectivity index (χ0n) is 14.7. The zero-order valence-corrected chi connectivity index (χ0v) is 15.5. The van der Waals surface area contributed by atoms with Crippen LogP contribution in [0, 0.1) is 0 Å². The summed E-state index contributed by atoms with van der Waals surface area (Å²) < 4.78 is 0. The third kappa shape index (κ3) is 4.96. The van der Waals surface area contributed by atoms with Crippen molar-refractivity contribution in [3.63, 3.8) is 0 Å². The van der Waals surface area contributed by atoms with Gasteiger partial charge < -0.3 is 10.2 Å². The molecule has 1 heterocycles. The van der Waals surface area contributed by atoms with Gasteiger partial charge in [-0.3, -0.25) is 4.79 Å². The smallest absolute Gasteiger partial charge is 0.251 e. The average Bonchev–Trinajstić information content (AvgIpc) is 2.60. The van der Waals surface area contributed by atoms with Crippen molar-refractivity contribution in [3.8, 4) is 0 Å². The quantitative estimate of drug-likeness (QED) is 0.618. The first-order valence-electron chi connectivity index (χ1n) is 8.08. The van der Waals surface area contributed by atoms with E-state index >= 15 is 0 Å². The maximum atomic E-state index is 11.8. The summed E-state index contributed by atoms with van der Waals surface area (Å²) in [6, 6.07) is 9.69. The number of anilines is 1. The first kappa shape index (κ1) is 18.3. The molecule has 0 saturated carbocycles. The molecule has 0 atom stereocenters. The van der Waals surface area contributed by atoms with Crippen LogP contribution in [0.4, 0.5) is 5.82 Å². The van der Waals surface area contributed by atoms with Crippen molar-refractivity contribution >= 4 is 23.5 Å². The van der Waals surface area contributed by atoms with Crippen molar-refractivity contribution in [2.75, 3.05) is 25.5 Å². The van der Waals surface area contributed by atoms with Gasteiger partial charge in [-0.2, -0.15) is 0 Å². The van der Waals surface area contributed by atoms with Gasteiger partial charge in [-0.25, -0.2) is 9.97 Å². The molecule has 24 heavy (non-hydrogen) atoms. The van der Waals surface area contributed by atoms with E-state index in [0.29, 0.717) is 12.1 Å². The largest absolute Gasteiger partial charge is 0.363 e. The normalized spacial score (nSPS) is 10.5. The lowest BCUT2D eigenvalue weighted by atomic mass is 10.1. The van der Waals surface area contributed by atoms with Gasteiger partial charge in [-0.05, 0) is 31.0 Å². The van der Waals surface area contributed by atoms with Gasteiger partial charge in [-0.15, -0.1) is 0 Å². The Balaban J connectivity index is 2.05. The van der Waals surface area contributed by atoms with Gasteiger partial charge in [-0.1, -0.05) is 30.8 Å². The molecule has 1 aromatic carbocycles. The first-order chi connectivity index (χ1) is 11.5. The van der Waals surface area contributed by atoms with E-state index in [1.807, 2.05) is 56.3 Å². The Morgan fingerprint density at radius 2 is 1.88 bits per heavy atom. The minimum absolute atomic E-state index is 0.0358. The minimum atomic E-state index is -0.0358. The Kier molecular flexibility index (Phi) is 6.61. The van der Waals surface area contributed by atoms with E-state index in [1.54, 1.807) is 11.8 Å². The van der Waals surface area contributed by atoms with E-state index < -0.39 is 0 Å². The van der Waals surface area contributed by atoms with Crippen molar-refractivity contribution < 1.29 is 4.79 Å². The Labute approximate surface area is 147 Å². The Morgan fingerprint density at radius 1 is 1.17 bits per heavy atom. The average molecular weight is 344 g/mol. The predicted octanol–water partition coefficient (Wildman–Crippen LogP) is 3.15. The molecular weight excluding hydrogens is 320 g/mol. The summed E-state index contributed by atoms with van der Waals surface area (Å²) in [6.45, 7) is 4.64. The van der Waals surface area contributed by atoms with Crippen molar-refractivity contribution in [2.45, 2.75) is 31.2 Å². The Hall–Kier alpha value is -2.08. The molecule has 0 fully saturated rings. The summed E-state index contributed by atoms with van der Waals surface area (Å²) in [5.74, 6) is 1.66. The second kappa shape index (κ2) is 8.68. The molecular formula is C18H24N4OS. The lowest BCUT2D eigenvalue weighted by molar-refractivity contribution is 0.0956. The first-order valence-corrected chi connectivity index (χ1v) is 9.07. The third-order valence-electron chi connectivity index (χ3n) is 3.49. The van der Waals surface area contributed by atoms with E-state index in [9.17, 15) is 4.79 Å². The summed E-state index contributed by atoms with van der Waals surface area (Å²) in [6.07, 6.45) is 0.887. The van der Waals surface area contributed by atoms with Gasteiger partial charge in [0, 0.05) is 43.7 Å². The van der Waals surface area contributed by atoms with Gasteiger partial charge >= 0.3 is 0 Å². The van der Waals surface area contributed by atoms with Crippen LogP contribution in [0.1, 0.15) is 35.5 Å². The minimum Gasteiger partial charge on any atom is -0.363 e. The molecule has 0 radical (unpaired) electrons. The van der Waals surface area contributed by atoms with Gasteiger partial charge in [0.25, 0.3) is 5.91 Å². The van der Waals surface area contributed by atoms with Crippen LogP contribution in [-0.2, 0) is 12.2 Å². The monoisotopic (exact) mass is 344 g/mol. The number of rotatable bonds is 7. The number of hydrogen-bond donors (Lipinski definition) is 1. The van der Waals surface area contributed by atoms with E-state index in [-0.39, 0.29) is 5.91 Å². The molecule has 0 aliphatic carbocycles. The number of carbonyl (C=O) groups excluding carboxylic acids is 1. The van der Waals surface area contributed by atoms with Crippen LogP contribution < -0.4 is 10.2 Å². The molecule has 5 nitrogen and oxygen atoms in total.